The molecule has 1 amide bonds. The van der Waals surface area contributed by atoms with Crippen LogP contribution in [0.25, 0.3) is 0 Å². The predicted molar refractivity (Wildman–Crippen MR) is 107 cm³/mol. The summed E-state index contributed by atoms with van der Waals surface area (Å²) in [6.07, 6.45) is 0. The summed E-state index contributed by atoms with van der Waals surface area (Å²) in [5.74, 6) is -1.29. The summed E-state index contributed by atoms with van der Waals surface area (Å²) in [6.45, 7) is 1.54. The molecule has 0 saturated carbocycles. The molecule has 158 valence electrons. The maximum Gasteiger partial charge on any atom is 0.345 e. The molecular weight excluding hydrogens is 439 g/mol. The lowest BCUT2D eigenvalue weighted by Crippen LogP contribution is -2.31. The lowest BCUT2D eigenvalue weighted by Gasteiger charge is -2.19. The normalized spacial score (nSPS) is 13.3. The number of carbonyl (C=O) groups excluding carboxylic acids is 2. The number of rotatable bonds is 6. The summed E-state index contributed by atoms with van der Waals surface area (Å²) in [7, 11) is 0. The van der Waals surface area contributed by atoms with Crippen LogP contribution in [0.3, 0.4) is 0 Å². The minimum Gasteiger partial charge on any atom is -0.486 e. The van der Waals surface area contributed by atoms with Crippen molar-refractivity contribution in [1.82, 2.24) is 5.32 Å². The van der Waals surface area contributed by atoms with E-state index in [2.05, 4.69) is 5.32 Å². The maximum absolute atomic E-state index is 12.4. The molecule has 1 aliphatic heterocycles. The summed E-state index contributed by atoms with van der Waals surface area (Å²) in [5, 5.41) is 14.8. The monoisotopic (exact) mass is 454 g/mol. The molecular formula is C19H16Cl2N2O7. The molecule has 0 bridgehead atoms. The first-order valence-electron chi connectivity index (χ1n) is 8.75. The van der Waals surface area contributed by atoms with E-state index in [0.717, 1.165) is 6.07 Å². The molecule has 0 fully saturated rings. The first kappa shape index (κ1) is 21.7. The van der Waals surface area contributed by atoms with Gasteiger partial charge >= 0.3 is 5.97 Å². The van der Waals surface area contributed by atoms with E-state index in [1.807, 2.05) is 0 Å². The van der Waals surface area contributed by atoms with Gasteiger partial charge in [0.15, 0.2) is 18.1 Å². The average Bonchev–Trinajstić information content (AvgIpc) is 2.70. The van der Waals surface area contributed by atoms with Crippen LogP contribution in [0.5, 0.6) is 11.5 Å². The van der Waals surface area contributed by atoms with Crippen molar-refractivity contribution in [1.29, 1.82) is 0 Å². The molecule has 0 aromatic heterocycles. The number of ether oxygens (including phenoxy) is 3. The zero-order valence-corrected chi connectivity index (χ0v) is 17.2. The van der Waals surface area contributed by atoms with E-state index in [-0.39, 0.29) is 30.3 Å². The third-order valence-corrected chi connectivity index (χ3v) is 4.78. The molecule has 0 saturated heterocycles. The van der Waals surface area contributed by atoms with Crippen molar-refractivity contribution in [2.75, 3.05) is 19.8 Å². The highest BCUT2D eigenvalue weighted by molar-refractivity contribution is 6.35. The second kappa shape index (κ2) is 9.19. The molecule has 2 aromatic carbocycles. The number of halogens is 2. The zero-order chi connectivity index (χ0) is 21.8. The standard InChI is InChI=1S/C19H16Cl2N2O7/c1-10(12-3-2-11(20)6-14(12)21)22-18(24)9-30-19(25)13-7-16-17(29-5-4-28-16)8-15(13)23(26)27/h2-3,6-8,10H,4-5,9H2,1H3,(H,22,24). The molecule has 1 N–H and O–H groups in total. The Morgan fingerprint density at radius 2 is 1.87 bits per heavy atom. The SMILES string of the molecule is CC(NC(=O)COC(=O)c1cc2c(cc1[N+](=O)[O-])OCCO2)c1ccc(Cl)cc1Cl. The van der Waals surface area contributed by atoms with Crippen LogP contribution in [0.2, 0.25) is 10.0 Å². The van der Waals surface area contributed by atoms with Crippen molar-refractivity contribution < 1.29 is 28.7 Å². The fourth-order valence-electron chi connectivity index (χ4n) is 2.82. The van der Waals surface area contributed by atoms with Gasteiger partial charge in [-0.3, -0.25) is 14.9 Å². The highest BCUT2D eigenvalue weighted by Crippen LogP contribution is 2.36. The van der Waals surface area contributed by atoms with Crippen LogP contribution in [-0.2, 0) is 9.53 Å². The molecule has 30 heavy (non-hydrogen) atoms. The smallest absolute Gasteiger partial charge is 0.345 e. The Labute approximate surface area is 181 Å². The number of nitro benzene ring substituents is 1. The topological polar surface area (TPSA) is 117 Å². The summed E-state index contributed by atoms with van der Waals surface area (Å²) in [4.78, 5) is 35.1. The van der Waals surface area contributed by atoms with Gasteiger partial charge in [0, 0.05) is 16.1 Å². The van der Waals surface area contributed by atoms with Gasteiger partial charge in [-0.2, -0.15) is 0 Å². The van der Waals surface area contributed by atoms with Gasteiger partial charge in [-0.15, -0.1) is 0 Å². The van der Waals surface area contributed by atoms with Gasteiger partial charge < -0.3 is 19.5 Å². The molecule has 1 atom stereocenters. The quantitative estimate of drug-likeness (QED) is 0.401. The van der Waals surface area contributed by atoms with E-state index in [1.165, 1.54) is 6.07 Å². The number of carbonyl (C=O) groups is 2. The molecule has 3 rings (SSSR count). The largest absolute Gasteiger partial charge is 0.486 e. The second-order valence-corrected chi connectivity index (χ2v) is 7.14. The Balaban J connectivity index is 1.66. The lowest BCUT2D eigenvalue weighted by molar-refractivity contribution is -0.385. The Morgan fingerprint density at radius 3 is 2.50 bits per heavy atom. The van der Waals surface area contributed by atoms with Crippen LogP contribution in [0.4, 0.5) is 5.69 Å². The van der Waals surface area contributed by atoms with Gasteiger partial charge in [0.05, 0.1) is 17.0 Å². The van der Waals surface area contributed by atoms with E-state index in [4.69, 9.17) is 37.4 Å². The van der Waals surface area contributed by atoms with Gasteiger partial charge in [0.1, 0.15) is 18.8 Å². The number of hydrogen-bond acceptors (Lipinski definition) is 7. The number of fused-ring (bicyclic) bond motifs is 1. The van der Waals surface area contributed by atoms with E-state index in [0.29, 0.717) is 15.6 Å². The van der Waals surface area contributed by atoms with Gasteiger partial charge in [-0.25, -0.2) is 4.79 Å². The van der Waals surface area contributed by atoms with E-state index >= 15 is 0 Å². The Kier molecular flexibility index (Phi) is 6.63. The zero-order valence-electron chi connectivity index (χ0n) is 15.6. The van der Waals surface area contributed by atoms with Crippen LogP contribution in [0.1, 0.15) is 28.9 Å². The third-order valence-electron chi connectivity index (χ3n) is 4.22. The Bertz CT molecular complexity index is 1010. The first-order valence-corrected chi connectivity index (χ1v) is 9.51. The van der Waals surface area contributed by atoms with Crippen molar-refractivity contribution in [2.24, 2.45) is 0 Å². The highest BCUT2D eigenvalue weighted by atomic mass is 35.5. The molecule has 0 aliphatic carbocycles. The molecule has 2 aromatic rings. The van der Waals surface area contributed by atoms with Gasteiger partial charge in [0.2, 0.25) is 0 Å². The van der Waals surface area contributed by atoms with Crippen LogP contribution in [-0.4, -0.2) is 36.6 Å². The van der Waals surface area contributed by atoms with Gasteiger partial charge in [-0.1, -0.05) is 29.3 Å². The van der Waals surface area contributed by atoms with Crippen LogP contribution in [0.15, 0.2) is 30.3 Å². The number of hydrogen-bond donors (Lipinski definition) is 1. The number of nitro groups is 1. The van der Waals surface area contributed by atoms with E-state index in [1.54, 1.807) is 25.1 Å². The summed E-state index contributed by atoms with van der Waals surface area (Å²) < 4.78 is 15.6. The Hall–Kier alpha value is -3.04. The summed E-state index contributed by atoms with van der Waals surface area (Å²) in [5.41, 5.74) is -0.222. The van der Waals surface area contributed by atoms with Gasteiger partial charge in [0.25, 0.3) is 11.6 Å². The van der Waals surface area contributed by atoms with E-state index < -0.39 is 35.1 Å². The second-order valence-electron chi connectivity index (χ2n) is 6.30. The minimum absolute atomic E-state index is 0.163. The molecule has 9 nitrogen and oxygen atoms in total. The van der Waals surface area contributed by atoms with Crippen molar-refractivity contribution in [3.8, 4) is 11.5 Å². The minimum atomic E-state index is -1.04. The number of benzene rings is 2. The molecule has 1 aliphatic rings. The van der Waals surface area contributed by atoms with Crippen molar-refractivity contribution in [2.45, 2.75) is 13.0 Å². The summed E-state index contributed by atoms with van der Waals surface area (Å²) >= 11 is 12.0. The average molecular weight is 455 g/mol. The molecule has 0 spiro atoms. The number of nitrogens with one attached hydrogen (secondary N) is 1. The van der Waals surface area contributed by atoms with Crippen LogP contribution < -0.4 is 14.8 Å². The first-order chi connectivity index (χ1) is 14.3. The highest BCUT2D eigenvalue weighted by Gasteiger charge is 2.28. The molecule has 11 heteroatoms. The van der Waals surface area contributed by atoms with Crippen molar-refractivity contribution >= 4 is 40.8 Å². The van der Waals surface area contributed by atoms with Crippen molar-refractivity contribution in [3.05, 3.63) is 61.6 Å². The lowest BCUT2D eigenvalue weighted by atomic mass is 10.1. The third kappa shape index (κ3) is 4.92. The van der Waals surface area contributed by atoms with Crippen LogP contribution >= 0.6 is 23.2 Å². The molecule has 0 radical (unpaired) electrons. The molecule has 1 unspecified atom stereocenters. The fraction of sp³-hybridized carbons (Fsp3) is 0.263. The number of nitrogens with zero attached hydrogens (tertiary/aromatic N) is 1. The van der Waals surface area contributed by atoms with Gasteiger partial charge in [-0.05, 0) is 24.6 Å². The molecule has 1 heterocycles. The Morgan fingerprint density at radius 1 is 1.20 bits per heavy atom. The number of amides is 1. The van der Waals surface area contributed by atoms with E-state index in [9.17, 15) is 19.7 Å². The fourth-order valence-corrected chi connectivity index (χ4v) is 3.39. The maximum atomic E-state index is 12.4. The predicted octanol–water partition coefficient (Wildman–Crippen LogP) is 3.71. The van der Waals surface area contributed by atoms with Crippen molar-refractivity contribution in [3.63, 3.8) is 0 Å². The summed E-state index contributed by atoms with van der Waals surface area (Å²) in [6, 6.07) is 6.62. The van der Waals surface area contributed by atoms with Crippen LogP contribution in [0, 0.1) is 10.1 Å². The number of esters is 1.